The van der Waals surface area contributed by atoms with Crippen LogP contribution < -0.4 is 4.74 Å². The van der Waals surface area contributed by atoms with E-state index in [2.05, 4.69) is 24.9 Å². The van der Waals surface area contributed by atoms with Crippen molar-refractivity contribution in [2.24, 2.45) is 5.92 Å². The van der Waals surface area contributed by atoms with Gasteiger partial charge in [0.15, 0.2) is 0 Å². The van der Waals surface area contributed by atoms with Crippen LogP contribution in [0.2, 0.25) is 0 Å². The zero-order chi connectivity index (χ0) is 13.7. The van der Waals surface area contributed by atoms with Crippen LogP contribution in [0, 0.1) is 5.92 Å². The van der Waals surface area contributed by atoms with Gasteiger partial charge < -0.3 is 4.74 Å². The quantitative estimate of drug-likeness (QED) is 0.728. The van der Waals surface area contributed by atoms with Gasteiger partial charge in [-0.2, -0.15) is 0 Å². The molecule has 3 heteroatoms. The predicted octanol–water partition coefficient (Wildman–Crippen LogP) is 4.73. The molecule has 0 N–H and O–H groups in total. The van der Waals surface area contributed by atoms with Gasteiger partial charge in [-0.1, -0.05) is 20.3 Å². The van der Waals surface area contributed by atoms with Crippen LogP contribution in [-0.4, -0.2) is 11.1 Å². The minimum atomic E-state index is 0.335. The van der Waals surface area contributed by atoms with E-state index in [4.69, 9.17) is 16.3 Å². The molecule has 2 atom stereocenters. The molecule has 1 aromatic rings. The molecule has 1 heterocycles. The van der Waals surface area contributed by atoms with Crippen molar-refractivity contribution in [3.8, 4) is 5.88 Å². The lowest BCUT2D eigenvalue weighted by Gasteiger charge is -2.31. The Bertz CT molecular complexity index is 385. The van der Waals surface area contributed by atoms with Crippen molar-refractivity contribution in [3.63, 3.8) is 0 Å². The first-order chi connectivity index (χ1) is 9.26. The first-order valence-electron chi connectivity index (χ1n) is 7.49. The Morgan fingerprint density at radius 1 is 1.26 bits per heavy atom. The van der Waals surface area contributed by atoms with E-state index in [1.165, 1.54) is 25.7 Å². The first kappa shape index (κ1) is 14.6. The fourth-order valence-electron chi connectivity index (χ4n) is 2.89. The van der Waals surface area contributed by atoms with Crippen LogP contribution in [0.25, 0.3) is 0 Å². The van der Waals surface area contributed by atoms with Gasteiger partial charge in [0.05, 0.1) is 0 Å². The highest BCUT2D eigenvalue weighted by Gasteiger charge is 2.25. The van der Waals surface area contributed by atoms with E-state index in [1.807, 2.05) is 6.07 Å². The van der Waals surface area contributed by atoms with Gasteiger partial charge in [0.25, 0.3) is 0 Å². The lowest BCUT2D eigenvalue weighted by Crippen LogP contribution is -2.30. The van der Waals surface area contributed by atoms with E-state index >= 15 is 0 Å². The van der Waals surface area contributed by atoms with Crippen molar-refractivity contribution in [1.82, 2.24) is 4.98 Å². The van der Waals surface area contributed by atoms with E-state index in [9.17, 15) is 0 Å². The highest BCUT2D eigenvalue weighted by Crippen LogP contribution is 2.30. The molecular formula is C16H24ClNO. The summed E-state index contributed by atoms with van der Waals surface area (Å²) in [6.45, 7) is 4.37. The molecular weight excluding hydrogens is 258 g/mol. The van der Waals surface area contributed by atoms with E-state index < -0.39 is 0 Å². The highest BCUT2D eigenvalue weighted by atomic mass is 35.5. The number of nitrogens with zero attached hydrogens (tertiary/aromatic N) is 1. The third-order valence-electron chi connectivity index (χ3n) is 4.07. The smallest absolute Gasteiger partial charge is 0.214 e. The SMILES string of the molecule is CCc1cc(CCl)cc(OC2CCCCC2CC)n1. The Kier molecular flexibility index (Phi) is 5.50. The van der Waals surface area contributed by atoms with E-state index in [0.29, 0.717) is 17.9 Å². The summed E-state index contributed by atoms with van der Waals surface area (Å²) < 4.78 is 6.17. The fourth-order valence-corrected chi connectivity index (χ4v) is 3.04. The van der Waals surface area contributed by atoms with Gasteiger partial charge in [-0.25, -0.2) is 4.98 Å². The molecule has 2 nitrogen and oxygen atoms in total. The van der Waals surface area contributed by atoms with E-state index in [-0.39, 0.29) is 0 Å². The molecule has 0 radical (unpaired) electrons. The lowest BCUT2D eigenvalue weighted by atomic mass is 9.85. The second-order valence-electron chi connectivity index (χ2n) is 5.40. The van der Waals surface area contributed by atoms with Crippen LogP contribution >= 0.6 is 11.6 Å². The molecule has 1 aliphatic rings. The van der Waals surface area contributed by atoms with Gasteiger partial charge in [-0.3, -0.25) is 0 Å². The van der Waals surface area contributed by atoms with Crippen molar-refractivity contribution in [2.45, 2.75) is 64.4 Å². The van der Waals surface area contributed by atoms with Crippen molar-refractivity contribution in [2.75, 3.05) is 0 Å². The summed E-state index contributed by atoms with van der Waals surface area (Å²) in [6, 6.07) is 4.06. The molecule has 0 amide bonds. The van der Waals surface area contributed by atoms with Crippen LogP contribution in [-0.2, 0) is 12.3 Å². The Morgan fingerprint density at radius 2 is 2.05 bits per heavy atom. The summed E-state index contributed by atoms with van der Waals surface area (Å²) in [5.74, 6) is 1.97. The predicted molar refractivity (Wildman–Crippen MR) is 79.8 cm³/mol. The number of aryl methyl sites for hydroxylation is 1. The molecule has 2 unspecified atom stereocenters. The fraction of sp³-hybridized carbons (Fsp3) is 0.688. The topological polar surface area (TPSA) is 22.1 Å². The van der Waals surface area contributed by atoms with E-state index in [1.54, 1.807) is 0 Å². The number of hydrogen-bond donors (Lipinski definition) is 0. The molecule has 0 aliphatic heterocycles. The van der Waals surface area contributed by atoms with Gasteiger partial charge in [0.1, 0.15) is 6.10 Å². The number of ether oxygens (including phenoxy) is 1. The number of pyridine rings is 1. The molecule has 0 bridgehead atoms. The average molecular weight is 282 g/mol. The van der Waals surface area contributed by atoms with Crippen molar-refractivity contribution < 1.29 is 4.74 Å². The van der Waals surface area contributed by atoms with Crippen LogP contribution in [0.4, 0.5) is 0 Å². The van der Waals surface area contributed by atoms with Crippen LogP contribution in [0.15, 0.2) is 12.1 Å². The summed E-state index contributed by atoms with van der Waals surface area (Å²) in [7, 11) is 0. The lowest BCUT2D eigenvalue weighted by molar-refractivity contribution is 0.0856. The third-order valence-corrected chi connectivity index (χ3v) is 4.38. The number of alkyl halides is 1. The normalized spacial score (nSPS) is 23.3. The molecule has 1 aromatic heterocycles. The third kappa shape index (κ3) is 3.85. The number of rotatable bonds is 5. The second kappa shape index (κ2) is 7.14. The monoisotopic (exact) mass is 281 g/mol. The Hall–Kier alpha value is -0.760. The van der Waals surface area contributed by atoms with Crippen LogP contribution in [0.1, 0.15) is 57.2 Å². The van der Waals surface area contributed by atoms with E-state index in [0.717, 1.165) is 30.0 Å². The maximum atomic E-state index is 6.17. The summed E-state index contributed by atoms with van der Waals surface area (Å²) in [5.41, 5.74) is 2.17. The standard InChI is InChI=1S/C16H24ClNO/c1-3-13-7-5-6-8-15(13)19-16-10-12(11-17)9-14(4-2)18-16/h9-10,13,15H,3-8,11H2,1-2H3. The first-order valence-corrected chi connectivity index (χ1v) is 8.02. The molecule has 0 aromatic carbocycles. The van der Waals surface area contributed by atoms with Gasteiger partial charge in [0.2, 0.25) is 5.88 Å². The molecule has 19 heavy (non-hydrogen) atoms. The maximum Gasteiger partial charge on any atom is 0.214 e. The molecule has 2 rings (SSSR count). The maximum absolute atomic E-state index is 6.17. The van der Waals surface area contributed by atoms with Gasteiger partial charge >= 0.3 is 0 Å². The number of halogens is 1. The Morgan fingerprint density at radius 3 is 2.74 bits per heavy atom. The zero-order valence-electron chi connectivity index (χ0n) is 12.0. The summed E-state index contributed by atoms with van der Waals surface area (Å²) >= 11 is 5.94. The second-order valence-corrected chi connectivity index (χ2v) is 5.67. The molecule has 0 saturated heterocycles. The van der Waals surface area contributed by atoms with Crippen molar-refractivity contribution in [1.29, 1.82) is 0 Å². The summed E-state index contributed by atoms with van der Waals surface area (Å²) in [5, 5.41) is 0. The molecule has 1 aliphatic carbocycles. The largest absolute Gasteiger partial charge is 0.474 e. The molecule has 1 saturated carbocycles. The minimum Gasteiger partial charge on any atom is -0.474 e. The zero-order valence-corrected chi connectivity index (χ0v) is 12.7. The average Bonchev–Trinajstić information content (AvgIpc) is 2.47. The molecule has 106 valence electrons. The summed E-state index contributed by atoms with van der Waals surface area (Å²) in [4.78, 5) is 4.58. The Labute approximate surface area is 121 Å². The number of hydrogen-bond acceptors (Lipinski definition) is 2. The highest BCUT2D eigenvalue weighted by molar-refractivity contribution is 6.17. The molecule has 1 fully saturated rings. The van der Waals surface area contributed by atoms with Crippen LogP contribution in [0.5, 0.6) is 5.88 Å². The van der Waals surface area contributed by atoms with Crippen molar-refractivity contribution >= 4 is 11.6 Å². The van der Waals surface area contributed by atoms with Crippen molar-refractivity contribution in [3.05, 3.63) is 23.4 Å². The van der Waals surface area contributed by atoms with Gasteiger partial charge in [0, 0.05) is 17.6 Å². The summed E-state index contributed by atoms with van der Waals surface area (Å²) in [6.07, 6.45) is 7.51. The Balaban J connectivity index is 2.12. The number of aromatic nitrogens is 1. The van der Waals surface area contributed by atoms with Gasteiger partial charge in [-0.15, -0.1) is 11.6 Å². The van der Waals surface area contributed by atoms with Crippen LogP contribution in [0.3, 0.4) is 0 Å². The minimum absolute atomic E-state index is 0.335. The molecule has 0 spiro atoms. The van der Waals surface area contributed by atoms with Gasteiger partial charge in [-0.05, 0) is 49.7 Å².